The van der Waals surface area contributed by atoms with Gasteiger partial charge in [0, 0.05) is 25.8 Å². The SMILES string of the molecule is C=CCCC(=O)NCC1COC2(CCCCCC2)O1. The van der Waals surface area contributed by atoms with Crippen LogP contribution < -0.4 is 5.32 Å². The zero-order valence-electron chi connectivity index (χ0n) is 11.7. The Bertz CT molecular complexity index is 309. The fourth-order valence-electron chi connectivity index (χ4n) is 2.80. The minimum absolute atomic E-state index is 0.00535. The quantitative estimate of drug-likeness (QED) is 0.779. The number of allylic oxidation sites excluding steroid dienone is 1. The second-order valence-electron chi connectivity index (χ2n) is 5.51. The standard InChI is InChI=1S/C15H25NO3/c1-2-3-8-14(17)16-11-13-12-18-15(19-13)9-6-4-5-7-10-15/h2,13H,1,3-12H2,(H,16,17). The van der Waals surface area contributed by atoms with Crippen molar-refractivity contribution in [3.8, 4) is 0 Å². The number of ether oxygens (including phenoxy) is 2. The first-order valence-corrected chi connectivity index (χ1v) is 7.43. The summed E-state index contributed by atoms with van der Waals surface area (Å²) in [6.07, 6.45) is 9.88. The van der Waals surface area contributed by atoms with Crippen molar-refractivity contribution in [2.24, 2.45) is 0 Å². The lowest BCUT2D eigenvalue weighted by Crippen LogP contribution is -2.35. The third-order valence-corrected chi connectivity index (χ3v) is 3.88. The molecule has 2 fully saturated rings. The summed E-state index contributed by atoms with van der Waals surface area (Å²) in [6.45, 7) is 4.76. The minimum atomic E-state index is -0.354. The number of rotatable bonds is 5. The molecule has 2 rings (SSSR count). The molecule has 4 heteroatoms. The summed E-state index contributed by atoms with van der Waals surface area (Å²) in [5.41, 5.74) is 0. The predicted molar refractivity (Wildman–Crippen MR) is 73.7 cm³/mol. The van der Waals surface area contributed by atoms with Gasteiger partial charge < -0.3 is 14.8 Å². The lowest BCUT2D eigenvalue weighted by atomic mass is 10.1. The monoisotopic (exact) mass is 267 g/mol. The van der Waals surface area contributed by atoms with Crippen molar-refractivity contribution >= 4 is 5.91 Å². The zero-order valence-corrected chi connectivity index (χ0v) is 11.7. The largest absolute Gasteiger partial charge is 0.353 e. The lowest BCUT2D eigenvalue weighted by Gasteiger charge is -2.26. The maximum Gasteiger partial charge on any atom is 0.220 e. The van der Waals surface area contributed by atoms with E-state index in [1.54, 1.807) is 6.08 Å². The van der Waals surface area contributed by atoms with Crippen LogP contribution in [0.15, 0.2) is 12.7 Å². The van der Waals surface area contributed by atoms with E-state index in [2.05, 4.69) is 11.9 Å². The molecule has 1 amide bonds. The van der Waals surface area contributed by atoms with Crippen molar-refractivity contribution < 1.29 is 14.3 Å². The van der Waals surface area contributed by atoms with Gasteiger partial charge in [0.05, 0.1) is 6.61 Å². The summed E-state index contributed by atoms with van der Waals surface area (Å²) >= 11 is 0. The molecule has 0 aromatic rings. The Morgan fingerprint density at radius 2 is 2.05 bits per heavy atom. The molecule has 0 radical (unpaired) electrons. The van der Waals surface area contributed by atoms with Crippen LogP contribution in [0.5, 0.6) is 0 Å². The summed E-state index contributed by atoms with van der Waals surface area (Å²) in [5.74, 6) is -0.294. The fraction of sp³-hybridized carbons (Fsp3) is 0.800. The van der Waals surface area contributed by atoms with Gasteiger partial charge in [0.25, 0.3) is 0 Å². The topological polar surface area (TPSA) is 47.6 Å². The molecule has 1 atom stereocenters. The van der Waals surface area contributed by atoms with E-state index in [-0.39, 0.29) is 17.8 Å². The molecule has 1 saturated heterocycles. The molecule has 1 unspecified atom stereocenters. The molecule has 0 aromatic carbocycles. The lowest BCUT2D eigenvalue weighted by molar-refractivity contribution is -0.175. The van der Waals surface area contributed by atoms with Crippen LogP contribution in [-0.4, -0.2) is 30.9 Å². The summed E-state index contributed by atoms with van der Waals surface area (Å²) in [6, 6.07) is 0. The van der Waals surface area contributed by atoms with Gasteiger partial charge in [0.2, 0.25) is 5.91 Å². The van der Waals surface area contributed by atoms with Gasteiger partial charge in [0.15, 0.2) is 5.79 Å². The third-order valence-electron chi connectivity index (χ3n) is 3.88. The number of amides is 1. The first-order valence-electron chi connectivity index (χ1n) is 7.43. The average Bonchev–Trinajstić information content (AvgIpc) is 2.66. The Morgan fingerprint density at radius 1 is 1.32 bits per heavy atom. The summed E-state index contributed by atoms with van der Waals surface area (Å²) < 4.78 is 12.0. The van der Waals surface area contributed by atoms with Gasteiger partial charge in [0.1, 0.15) is 6.10 Å². The van der Waals surface area contributed by atoms with Crippen molar-refractivity contribution in [1.29, 1.82) is 0 Å². The molecule has 4 nitrogen and oxygen atoms in total. The molecule has 0 aromatic heterocycles. The van der Waals surface area contributed by atoms with E-state index in [4.69, 9.17) is 9.47 Å². The van der Waals surface area contributed by atoms with Gasteiger partial charge >= 0.3 is 0 Å². The number of hydrogen-bond donors (Lipinski definition) is 1. The number of nitrogens with one attached hydrogen (secondary N) is 1. The molecule has 1 heterocycles. The molecular formula is C15H25NO3. The first-order chi connectivity index (χ1) is 9.24. The number of carbonyl (C=O) groups excluding carboxylic acids is 1. The third kappa shape index (κ3) is 4.32. The van der Waals surface area contributed by atoms with Crippen LogP contribution in [0.1, 0.15) is 51.4 Å². The predicted octanol–water partition coefficient (Wildman–Crippen LogP) is 2.53. The fourth-order valence-corrected chi connectivity index (χ4v) is 2.80. The van der Waals surface area contributed by atoms with Crippen molar-refractivity contribution in [3.05, 3.63) is 12.7 Å². The van der Waals surface area contributed by atoms with Crippen molar-refractivity contribution in [1.82, 2.24) is 5.32 Å². The van der Waals surface area contributed by atoms with Crippen LogP contribution >= 0.6 is 0 Å². The van der Waals surface area contributed by atoms with Crippen LogP contribution in [0.4, 0.5) is 0 Å². The highest BCUT2D eigenvalue weighted by molar-refractivity contribution is 5.75. The van der Waals surface area contributed by atoms with Crippen LogP contribution in [-0.2, 0) is 14.3 Å². The maximum atomic E-state index is 11.5. The van der Waals surface area contributed by atoms with Gasteiger partial charge in [-0.05, 0) is 19.3 Å². The van der Waals surface area contributed by atoms with E-state index >= 15 is 0 Å². The van der Waals surface area contributed by atoms with Gasteiger partial charge in [-0.2, -0.15) is 0 Å². The molecular weight excluding hydrogens is 242 g/mol. The molecule has 0 bridgehead atoms. The molecule has 108 valence electrons. The molecule has 1 N–H and O–H groups in total. The highest BCUT2D eigenvalue weighted by atomic mass is 16.7. The van der Waals surface area contributed by atoms with Gasteiger partial charge in [-0.25, -0.2) is 0 Å². The van der Waals surface area contributed by atoms with Crippen LogP contribution in [0.25, 0.3) is 0 Å². The Hall–Kier alpha value is -0.870. The number of hydrogen-bond acceptors (Lipinski definition) is 3. The van der Waals surface area contributed by atoms with Gasteiger partial charge in [-0.15, -0.1) is 6.58 Å². The molecule has 1 saturated carbocycles. The van der Waals surface area contributed by atoms with Gasteiger partial charge in [-0.1, -0.05) is 18.9 Å². The smallest absolute Gasteiger partial charge is 0.220 e. The van der Waals surface area contributed by atoms with E-state index in [1.807, 2.05) is 0 Å². The van der Waals surface area contributed by atoms with Crippen LogP contribution in [0, 0.1) is 0 Å². The average molecular weight is 267 g/mol. The molecule has 1 aliphatic carbocycles. The Morgan fingerprint density at radius 3 is 2.74 bits per heavy atom. The Labute approximate surface area is 115 Å². The summed E-state index contributed by atoms with van der Waals surface area (Å²) in [7, 11) is 0. The minimum Gasteiger partial charge on any atom is -0.353 e. The van der Waals surface area contributed by atoms with Crippen molar-refractivity contribution in [3.63, 3.8) is 0 Å². The van der Waals surface area contributed by atoms with E-state index in [0.29, 0.717) is 19.6 Å². The first kappa shape index (κ1) is 14.5. The Kier molecular flexibility index (Phi) is 5.40. The zero-order chi connectivity index (χ0) is 13.6. The van der Waals surface area contributed by atoms with Crippen molar-refractivity contribution in [2.75, 3.05) is 13.2 Å². The van der Waals surface area contributed by atoms with Crippen LogP contribution in [0.3, 0.4) is 0 Å². The Balaban J connectivity index is 1.72. The van der Waals surface area contributed by atoms with Gasteiger partial charge in [-0.3, -0.25) is 4.79 Å². The second-order valence-corrected chi connectivity index (χ2v) is 5.51. The molecule has 2 aliphatic rings. The number of carbonyl (C=O) groups is 1. The highest BCUT2D eigenvalue weighted by Gasteiger charge is 2.41. The van der Waals surface area contributed by atoms with E-state index in [9.17, 15) is 4.79 Å². The van der Waals surface area contributed by atoms with E-state index < -0.39 is 0 Å². The summed E-state index contributed by atoms with van der Waals surface area (Å²) in [5, 5.41) is 2.91. The van der Waals surface area contributed by atoms with Crippen molar-refractivity contribution in [2.45, 2.75) is 63.3 Å². The van der Waals surface area contributed by atoms with E-state index in [0.717, 1.165) is 19.3 Å². The molecule has 1 spiro atoms. The summed E-state index contributed by atoms with van der Waals surface area (Å²) in [4.78, 5) is 11.5. The second kappa shape index (κ2) is 7.06. The normalized spacial score (nSPS) is 26.0. The molecule has 19 heavy (non-hydrogen) atoms. The molecule has 1 aliphatic heterocycles. The van der Waals surface area contributed by atoms with E-state index in [1.165, 1.54) is 25.7 Å². The maximum absolute atomic E-state index is 11.5. The van der Waals surface area contributed by atoms with Crippen LogP contribution in [0.2, 0.25) is 0 Å². The highest BCUT2D eigenvalue weighted by Crippen LogP contribution is 2.36.